The molecule has 1 aromatic rings. The molecule has 5 nitrogen and oxygen atoms in total. The van der Waals surface area contributed by atoms with Gasteiger partial charge in [0.2, 0.25) is 11.8 Å². The van der Waals surface area contributed by atoms with Crippen LogP contribution in [0.5, 0.6) is 0 Å². The summed E-state index contributed by atoms with van der Waals surface area (Å²) in [6, 6.07) is 9.11. The summed E-state index contributed by atoms with van der Waals surface area (Å²) < 4.78 is 0. The molecule has 1 atom stereocenters. The highest BCUT2D eigenvalue weighted by Gasteiger charge is 2.20. The van der Waals surface area contributed by atoms with E-state index in [4.69, 9.17) is 11.5 Å². The molecule has 0 fully saturated rings. The Balaban J connectivity index is 2.73. The zero-order valence-corrected chi connectivity index (χ0v) is 11.9. The van der Waals surface area contributed by atoms with Crippen LogP contribution in [0, 0.1) is 0 Å². The van der Waals surface area contributed by atoms with Crippen LogP contribution in [0.4, 0.5) is 0 Å². The summed E-state index contributed by atoms with van der Waals surface area (Å²) in [7, 11) is 0. The van der Waals surface area contributed by atoms with Gasteiger partial charge in [-0.2, -0.15) is 0 Å². The highest BCUT2D eigenvalue weighted by molar-refractivity contribution is 5.82. The third-order valence-electron chi connectivity index (χ3n) is 3.07. The molecule has 1 aromatic carbocycles. The summed E-state index contributed by atoms with van der Waals surface area (Å²) in [6.07, 6.45) is 1.64. The molecule has 0 aromatic heterocycles. The third kappa shape index (κ3) is 5.40. The van der Waals surface area contributed by atoms with E-state index < -0.39 is 11.9 Å². The Kier molecular flexibility index (Phi) is 6.73. The molecule has 0 bridgehead atoms. The summed E-state index contributed by atoms with van der Waals surface area (Å²) in [5.41, 5.74) is 12.1. The van der Waals surface area contributed by atoms with Crippen LogP contribution in [0.25, 0.3) is 0 Å². The van der Waals surface area contributed by atoms with Gasteiger partial charge < -0.3 is 16.4 Å². The zero-order valence-electron chi connectivity index (χ0n) is 11.9. The van der Waals surface area contributed by atoms with Gasteiger partial charge >= 0.3 is 0 Å². The number of carbonyl (C=O) groups excluding carboxylic acids is 2. The Morgan fingerprint density at radius 3 is 2.45 bits per heavy atom. The number of rotatable bonds is 8. The van der Waals surface area contributed by atoms with Crippen LogP contribution >= 0.6 is 0 Å². The fourth-order valence-electron chi connectivity index (χ4n) is 1.99. The number of hydrogen-bond acceptors (Lipinski definition) is 3. The fraction of sp³-hybridized carbons (Fsp3) is 0.467. The SMILES string of the molecule is CCCC(N)C(=O)N(CCC(N)=O)Cc1ccccc1. The molecule has 110 valence electrons. The molecule has 0 radical (unpaired) electrons. The van der Waals surface area contributed by atoms with E-state index in [-0.39, 0.29) is 12.3 Å². The molecule has 0 heterocycles. The molecule has 0 spiro atoms. The van der Waals surface area contributed by atoms with Gasteiger partial charge in [-0.25, -0.2) is 0 Å². The first-order valence-corrected chi connectivity index (χ1v) is 6.91. The van der Waals surface area contributed by atoms with E-state index in [9.17, 15) is 9.59 Å². The monoisotopic (exact) mass is 277 g/mol. The average molecular weight is 277 g/mol. The van der Waals surface area contributed by atoms with Gasteiger partial charge in [0.05, 0.1) is 6.04 Å². The van der Waals surface area contributed by atoms with Gasteiger partial charge in [0.1, 0.15) is 0 Å². The van der Waals surface area contributed by atoms with Crippen LogP contribution in [0.3, 0.4) is 0 Å². The van der Waals surface area contributed by atoms with Crippen LogP contribution in [-0.2, 0) is 16.1 Å². The van der Waals surface area contributed by atoms with Crippen LogP contribution < -0.4 is 11.5 Å². The molecule has 0 saturated heterocycles. The van der Waals surface area contributed by atoms with Crippen LogP contribution in [0.15, 0.2) is 30.3 Å². The van der Waals surface area contributed by atoms with Gasteiger partial charge in [-0.15, -0.1) is 0 Å². The molecule has 20 heavy (non-hydrogen) atoms. The average Bonchev–Trinajstić information content (AvgIpc) is 2.44. The maximum atomic E-state index is 12.3. The van der Waals surface area contributed by atoms with Crippen molar-refractivity contribution in [1.82, 2.24) is 4.90 Å². The number of primary amides is 1. The number of carbonyl (C=O) groups is 2. The molecule has 1 unspecified atom stereocenters. The van der Waals surface area contributed by atoms with Gasteiger partial charge in [-0.3, -0.25) is 9.59 Å². The van der Waals surface area contributed by atoms with Crippen molar-refractivity contribution in [3.05, 3.63) is 35.9 Å². The molecule has 0 saturated carbocycles. The topological polar surface area (TPSA) is 89.4 Å². The minimum atomic E-state index is -0.517. The van der Waals surface area contributed by atoms with Gasteiger partial charge in [0.15, 0.2) is 0 Å². The second kappa shape index (κ2) is 8.32. The van der Waals surface area contributed by atoms with Crippen LogP contribution in [-0.4, -0.2) is 29.3 Å². The Morgan fingerprint density at radius 2 is 1.90 bits per heavy atom. The number of benzene rings is 1. The summed E-state index contributed by atoms with van der Waals surface area (Å²) >= 11 is 0. The van der Waals surface area contributed by atoms with Gasteiger partial charge in [-0.1, -0.05) is 43.7 Å². The van der Waals surface area contributed by atoms with Gasteiger partial charge in [0.25, 0.3) is 0 Å². The lowest BCUT2D eigenvalue weighted by Crippen LogP contribution is -2.44. The lowest BCUT2D eigenvalue weighted by molar-refractivity contribution is -0.133. The number of nitrogens with two attached hydrogens (primary N) is 2. The minimum absolute atomic E-state index is 0.128. The second-order valence-corrected chi connectivity index (χ2v) is 4.86. The summed E-state index contributed by atoms with van der Waals surface area (Å²) in [4.78, 5) is 24.8. The van der Waals surface area contributed by atoms with Crippen LogP contribution in [0.1, 0.15) is 31.7 Å². The number of nitrogens with zero attached hydrogens (tertiary/aromatic N) is 1. The van der Waals surface area contributed by atoms with E-state index >= 15 is 0 Å². The largest absolute Gasteiger partial charge is 0.370 e. The highest BCUT2D eigenvalue weighted by Crippen LogP contribution is 2.08. The number of hydrogen-bond donors (Lipinski definition) is 2. The van der Waals surface area contributed by atoms with Gasteiger partial charge in [0, 0.05) is 19.5 Å². The van der Waals surface area contributed by atoms with Crippen molar-refractivity contribution in [3.63, 3.8) is 0 Å². The van der Waals surface area contributed by atoms with Crippen molar-refractivity contribution >= 4 is 11.8 Å². The van der Waals surface area contributed by atoms with E-state index in [1.165, 1.54) is 0 Å². The van der Waals surface area contributed by atoms with Crippen molar-refractivity contribution in [3.8, 4) is 0 Å². The molecule has 4 N–H and O–H groups in total. The molecule has 0 aliphatic heterocycles. The Morgan fingerprint density at radius 1 is 1.25 bits per heavy atom. The van der Waals surface area contributed by atoms with E-state index in [0.29, 0.717) is 19.5 Å². The molecule has 5 heteroatoms. The van der Waals surface area contributed by atoms with Crippen molar-refractivity contribution < 1.29 is 9.59 Å². The maximum absolute atomic E-state index is 12.3. The Hall–Kier alpha value is -1.88. The molecule has 0 aliphatic carbocycles. The van der Waals surface area contributed by atoms with Crippen LogP contribution in [0.2, 0.25) is 0 Å². The molecular formula is C15H23N3O2. The minimum Gasteiger partial charge on any atom is -0.370 e. The predicted octanol–water partition coefficient (Wildman–Crippen LogP) is 1.02. The Labute approximate surface area is 119 Å². The lowest BCUT2D eigenvalue weighted by Gasteiger charge is -2.25. The van der Waals surface area contributed by atoms with E-state index in [1.54, 1.807) is 4.90 Å². The summed E-state index contributed by atoms with van der Waals surface area (Å²) in [5.74, 6) is -0.545. The first kappa shape index (κ1) is 16.2. The van der Waals surface area contributed by atoms with Crippen molar-refractivity contribution in [2.75, 3.05) is 6.54 Å². The quantitative estimate of drug-likeness (QED) is 0.743. The first-order valence-electron chi connectivity index (χ1n) is 6.91. The second-order valence-electron chi connectivity index (χ2n) is 4.86. The molecule has 1 rings (SSSR count). The summed E-state index contributed by atoms with van der Waals surface area (Å²) in [6.45, 7) is 2.74. The van der Waals surface area contributed by atoms with Crippen molar-refractivity contribution in [2.45, 2.75) is 38.8 Å². The maximum Gasteiger partial charge on any atom is 0.239 e. The summed E-state index contributed by atoms with van der Waals surface area (Å²) in [5, 5.41) is 0. The fourth-order valence-corrected chi connectivity index (χ4v) is 1.99. The predicted molar refractivity (Wildman–Crippen MR) is 78.6 cm³/mol. The third-order valence-corrected chi connectivity index (χ3v) is 3.07. The van der Waals surface area contributed by atoms with E-state index in [0.717, 1.165) is 12.0 Å². The lowest BCUT2D eigenvalue weighted by atomic mass is 10.1. The molecule has 0 aliphatic rings. The standard InChI is InChI=1S/C15H23N3O2/c1-2-6-13(16)15(20)18(10-9-14(17)19)11-12-7-4-3-5-8-12/h3-5,7-8,13H,2,6,9-11,16H2,1H3,(H2,17,19). The Bertz CT molecular complexity index is 434. The molecular weight excluding hydrogens is 254 g/mol. The normalized spacial score (nSPS) is 11.9. The van der Waals surface area contributed by atoms with Gasteiger partial charge in [-0.05, 0) is 12.0 Å². The molecule has 2 amide bonds. The number of amides is 2. The van der Waals surface area contributed by atoms with Crippen molar-refractivity contribution in [1.29, 1.82) is 0 Å². The highest BCUT2D eigenvalue weighted by atomic mass is 16.2. The first-order chi connectivity index (χ1) is 9.54. The van der Waals surface area contributed by atoms with E-state index in [2.05, 4.69) is 0 Å². The zero-order chi connectivity index (χ0) is 15.0. The smallest absolute Gasteiger partial charge is 0.239 e. The van der Waals surface area contributed by atoms with Crippen molar-refractivity contribution in [2.24, 2.45) is 11.5 Å². The van der Waals surface area contributed by atoms with E-state index in [1.807, 2.05) is 37.3 Å².